The Morgan fingerprint density at radius 1 is 1.12 bits per heavy atom. The Hall–Kier alpha value is -2.30. The molecule has 132 valence electrons. The molecule has 0 atom stereocenters. The smallest absolute Gasteiger partial charge is 0.261 e. The van der Waals surface area contributed by atoms with Gasteiger partial charge in [0.05, 0.1) is 10.0 Å². The maximum absolute atomic E-state index is 12.9. The van der Waals surface area contributed by atoms with Gasteiger partial charge in [-0.25, -0.2) is 0 Å². The summed E-state index contributed by atoms with van der Waals surface area (Å²) in [6, 6.07) is 11.2. The first kappa shape index (κ1) is 17.1. The van der Waals surface area contributed by atoms with Crippen LogP contribution in [0.5, 0.6) is 0 Å². The van der Waals surface area contributed by atoms with Crippen molar-refractivity contribution in [2.45, 2.75) is 26.2 Å². The third-order valence-electron chi connectivity index (χ3n) is 4.65. The van der Waals surface area contributed by atoms with Crippen LogP contribution < -0.4 is 5.32 Å². The lowest BCUT2D eigenvalue weighted by molar-refractivity contribution is 0.102. The highest BCUT2D eigenvalue weighted by Gasteiger charge is 2.25. The van der Waals surface area contributed by atoms with Crippen molar-refractivity contribution in [3.63, 3.8) is 0 Å². The van der Waals surface area contributed by atoms with Crippen LogP contribution in [0.4, 0.5) is 5.69 Å². The molecular formula is C20H16Cl2N2O2. The van der Waals surface area contributed by atoms with Crippen molar-refractivity contribution >= 4 is 34.8 Å². The highest BCUT2D eigenvalue weighted by Crippen LogP contribution is 2.37. The maximum atomic E-state index is 12.9. The molecule has 1 heterocycles. The minimum absolute atomic E-state index is 0.298. The van der Waals surface area contributed by atoms with Gasteiger partial charge in [-0.3, -0.25) is 4.79 Å². The van der Waals surface area contributed by atoms with E-state index in [4.69, 9.17) is 27.7 Å². The van der Waals surface area contributed by atoms with Crippen LogP contribution in [0.1, 0.15) is 33.7 Å². The second-order valence-electron chi connectivity index (χ2n) is 6.35. The van der Waals surface area contributed by atoms with E-state index in [9.17, 15) is 4.79 Å². The summed E-state index contributed by atoms with van der Waals surface area (Å²) in [5.41, 5.74) is 4.57. The van der Waals surface area contributed by atoms with E-state index >= 15 is 0 Å². The summed E-state index contributed by atoms with van der Waals surface area (Å²) >= 11 is 12.6. The molecule has 0 saturated carbocycles. The Bertz CT molecular complexity index is 991. The number of benzene rings is 2. The van der Waals surface area contributed by atoms with Crippen molar-refractivity contribution in [3.8, 4) is 11.3 Å². The Balaban J connectivity index is 1.70. The van der Waals surface area contributed by atoms with Crippen LogP contribution >= 0.6 is 23.2 Å². The molecule has 0 bridgehead atoms. The summed E-state index contributed by atoms with van der Waals surface area (Å²) < 4.78 is 5.26. The number of halogens is 2. The van der Waals surface area contributed by atoms with Gasteiger partial charge in [0.15, 0.2) is 0 Å². The maximum Gasteiger partial charge on any atom is 0.261 e. The molecule has 1 amide bonds. The van der Waals surface area contributed by atoms with E-state index in [1.807, 2.05) is 12.1 Å². The quantitative estimate of drug-likeness (QED) is 0.627. The lowest BCUT2D eigenvalue weighted by Gasteiger charge is -2.09. The molecule has 1 N–H and O–H groups in total. The zero-order chi connectivity index (χ0) is 18.3. The fraction of sp³-hybridized carbons (Fsp3) is 0.200. The summed E-state index contributed by atoms with van der Waals surface area (Å²) in [5.74, 6) is 0.113. The lowest BCUT2D eigenvalue weighted by Crippen LogP contribution is -2.13. The van der Waals surface area contributed by atoms with E-state index < -0.39 is 0 Å². The normalized spacial score (nSPS) is 12.9. The number of nitrogens with zero attached hydrogens (tertiary/aromatic N) is 1. The number of amides is 1. The number of aromatic nitrogens is 1. The molecule has 0 radical (unpaired) electrons. The predicted molar refractivity (Wildman–Crippen MR) is 103 cm³/mol. The first-order valence-electron chi connectivity index (χ1n) is 8.38. The van der Waals surface area contributed by atoms with E-state index in [0.29, 0.717) is 32.6 Å². The molecule has 4 nitrogen and oxygen atoms in total. The third-order valence-corrected chi connectivity index (χ3v) is 5.28. The van der Waals surface area contributed by atoms with Crippen LogP contribution in [-0.4, -0.2) is 11.1 Å². The van der Waals surface area contributed by atoms with Gasteiger partial charge in [-0.15, -0.1) is 0 Å². The number of rotatable bonds is 3. The van der Waals surface area contributed by atoms with Crippen LogP contribution in [0.2, 0.25) is 10.0 Å². The van der Waals surface area contributed by atoms with Crippen molar-refractivity contribution < 1.29 is 9.32 Å². The SMILES string of the molecule is Cc1onc(-c2c(Cl)cccc2Cl)c1C(=O)Nc1ccc2c(c1)CCC2. The molecule has 4 rings (SSSR count). The fourth-order valence-electron chi connectivity index (χ4n) is 3.38. The zero-order valence-corrected chi connectivity index (χ0v) is 15.6. The number of nitrogens with one attached hydrogen (secondary N) is 1. The van der Waals surface area contributed by atoms with Crippen LogP contribution in [0.15, 0.2) is 40.9 Å². The average Bonchev–Trinajstić information content (AvgIpc) is 3.21. The van der Waals surface area contributed by atoms with Gasteiger partial charge in [-0.1, -0.05) is 40.5 Å². The molecule has 6 heteroatoms. The van der Waals surface area contributed by atoms with Crippen molar-refractivity contribution in [3.05, 3.63) is 68.9 Å². The molecule has 1 aliphatic carbocycles. The van der Waals surface area contributed by atoms with Crippen LogP contribution in [0.25, 0.3) is 11.3 Å². The summed E-state index contributed by atoms with van der Waals surface area (Å²) in [5, 5.41) is 7.79. The number of aryl methyl sites for hydroxylation is 3. The topological polar surface area (TPSA) is 55.1 Å². The number of anilines is 1. The Labute approximate surface area is 161 Å². The molecule has 1 aliphatic rings. The zero-order valence-electron chi connectivity index (χ0n) is 14.1. The molecule has 1 aromatic heterocycles. The second-order valence-corrected chi connectivity index (χ2v) is 7.16. The van der Waals surface area contributed by atoms with Crippen molar-refractivity contribution in [2.24, 2.45) is 0 Å². The summed E-state index contributed by atoms with van der Waals surface area (Å²) in [4.78, 5) is 12.9. The fourth-order valence-corrected chi connectivity index (χ4v) is 3.95. The molecular weight excluding hydrogens is 371 g/mol. The Kier molecular flexibility index (Phi) is 4.47. The molecule has 3 aromatic rings. The molecule has 2 aromatic carbocycles. The van der Waals surface area contributed by atoms with Gasteiger partial charge in [0.25, 0.3) is 5.91 Å². The van der Waals surface area contributed by atoms with Gasteiger partial charge in [0, 0.05) is 11.3 Å². The van der Waals surface area contributed by atoms with Crippen LogP contribution in [0.3, 0.4) is 0 Å². The van der Waals surface area contributed by atoms with E-state index in [0.717, 1.165) is 24.9 Å². The van der Waals surface area contributed by atoms with Gasteiger partial charge in [-0.05, 0) is 61.6 Å². The second kappa shape index (κ2) is 6.78. The number of hydrogen-bond donors (Lipinski definition) is 1. The van der Waals surface area contributed by atoms with Crippen molar-refractivity contribution in [1.29, 1.82) is 0 Å². The van der Waals surface area contributed by atoms with Crippen molar-refractivity contribution in [2.75, 3.05) is 5.32 Å². The van der Waals surface area contributed by atoms with Gasteiger partial charge in [0.2, 0.25) is 0 Å². The predicted octanol–water partition coefficient (Wildman–Crippen LogP) is 5.70. The van der Waals surface area contributed by atoms with E-state index in [1.54, 1.807) is 25.1 Å². The molecule has 0 aliphatic heterocycles. The first-order valence-corrected chi connectivity index (χ1v) is 9.14. The Morgan fingerprint density at radius 3 is 2.62 bits per heavy atom. The van der Waals surface area contributed by atoms with Gasteiger partial charge < -0.3 is 9.84 Å². The lowest BCUT2D eigenvalue weighted by atomic mass is 10.0. The number of carbonyl (C=O) groups is 1. The summed E-state index contributed by atoms with van der Waals surface area (Å²) in [6.07, 6.45) is 3.31. The highest BCUT2D eigenvalue weighted by atomic mass is 35.5. The minimum atomic E-state index is -0.298. The van der Waals surface area contributed by atoms with Gasteiger partial charge >= 0.3 is 0 Å². The van der Waals surface area contributed by atoms with E-state index in [1.165, 1.54) is 11.1 Å². The van der Waals surface area contributed by atoms with Gasteiger partial charge in [-0.2, -0.15) is 0 Å². The number of hydrogen-bond acceptors (Lipinski definition) is 3. The van der Waals surface area contributed by atoms with Gasteiger partial charge in [0.1, 0.15) is 17.0 Å². The third kappa shape index (κ3) is 3.00. The highest BCUT2D eigenvalue weighted by molar-refractivity contribution is 6.39. The monoisotopic (exact) mass is 386 g/mol. The summed E-state index contributed by atoms with van der Waals surface area (Å²) in [6.45, 7) is 1.69. The van der Waals surface area contributed by atoms with Crippen LogP contribution in [0, 0.1) is 6.92 Å². The first-order chi connectivity index (χ1) is 12.5. The average molecular weight is 387 g/mol. The molecule has 0 unspecified atom stereocenters. The molecule has 26 heavy (non-hydrogen) atoms. The summed E-state index contributed by atoms with van der Waals surface area (Å²) in [7, 11) is 0. The van der Waals surface area contributed by atoms with E-state index in [-0.39, 0.29) is 5.91 Å². The number of carbonyl (C=O) groups excluding carboxylic acids is 1. The standard InChI is InChI=1S/C20H16Cl2N2O2/c1-11-17(19(24-26-11)18-15(21)6-3-7-16(18)22)20(25)23-14-9-8-12-4-2-5-13(12)10-14/h3,6-10H,2,4-5H2,1H3,(H,23,25). The molecule has 0 fully saturated rings. The minimum Gasteiger partial charge on any atom is -0.360 e. The molecule has 0 spiro atoms. The largest absolute Gasteiger partial charge is 0.360 e. The van der Waals surface area contributed by atoms with Crippen LogP contribution in [-0.2, 0) is 12.8 Å². The molecule has 0 saturated heterocycles. The Morgan fingerprint density at radius 2 is 1.85 bits per heavy atom. The van der Waals surface area contributed by atoms with E-state index in [2.05, 4.69) is 16.5 Å². The van der Waals surface area contributed by atoms with Crippen molar-refractivity contribution in [1.82, 2.24) is 5.16 Å². The number of fused-ring (bicyclic) bond motifs is 1.